The van der Waals surface area contributed by atoms with Crippen LogP contribution < -0.4 is 0 Å². The van der Waals surface area contributed by atoms with Crippen LogP contribution in [0.5, 0.6) is 0 Å². The highest BCUT2D eigenvalue weighted by atomic mass is 32.2. The van der Waals surface area contributed by atoms with Gasteiger partial charge in [0.15, 0.2) is 16.8 Å². The molecule has 1 aromatic carbocycles. The average molecular weight is 424 g/mol. The van der Waals surface area contributed by atoms with Crippen LogP contribution in [0.4, 0.5) is 0 Å². The molecule has 5 nitrogen and oxygen atoms in total. The number of hydrogen-bond acceptors (Lipinski definition) is 6. The smallest absolute Gasteiger partial charge is 0.191 e. The maximum absolute atomic E-state index is 12.2. The molecular weight excluding hydrogens is 402 g/mol. The lowest BCUT2D eigenvalue weighted by Crippen LogP contribution is -2.04. The minimum absolute atomic E-state index is 0.207. The minimum atomic E-state index is 0.207. The summed E-state index contributed by atoms with van der Waals surface area (Å²) in [6.07, 6.45) is 3.02. The molecule has 3 aromatic heterocycles. The molecule has 4 aromatic rings. The van der Waals surface area contributed by atoms with E-state index in [4.69, 9.17) is 4.42 Å². The molecule has 0 aliphatic rings. The van der Waals surface area contributed by atoms with Gasteiger partial charge in [-0.15, -0.1) is 21.5 Å². The van der Waals surface area contributed by atoms with Gasteiger partial charge >= 0.3 is 0 Å². The van der Waals surface area contributed by atoms with Crippen LogP contribution in [-0.4, -0.2) is 26.3 Å². The van der Waals surface area contributed by atoms with Crippen molar-refractivity contribution < 1.29 is 9.21 Å². The summed E-state index contributed by atoms with van der Waals surface area (Å²) in [4.78, 5) is 13.0. The summed E-state index contributed by atoms with van der Waals surface area (Å²) in [6, 6.07) is 15.9. The van der Waals surface area contributed by atoms with Crippen LogP contribution in [-0.2, 0) is 6.54 Å². The Bertz CT molecular complexity index is 1070. The summed E-state index contributed by atoms with van der Waals surface area (Å²) >= 11 is 3.13. The van der Waals surface area contributed by atoms with Crippen LogP contribution in [0.3, 0.4) is 0 Å². The zero-order chi connectivity index (χ0) is 20.1. The Balaban J connectivity index is 1.48. The second kappa shape index (κ2) is 9.24. The van der Waals surface area contributed by atoms with Gasteiger partial charge in [-0.25, -0.2) is 0 Å². The van der Waals surface area contributed by atoms with Gasteiger partial charge in [-0.1, -0.05) is 41.6 Å². The Morgan fingerprint density at radius 3 is 2.86 bits per heavy atom. The third kappa shape index (κ3) is 4.86. The van der Waals surface area contributed by atoms with Gasteiger partial charge in [0.25, 0.3) is 0 Å². The summed E-state index contributed by atoms with van der Waals surface area (Å²) in [5.74, 6) is 2.69. The standard InChI is InChI=1S/C22H21N3O2S2/c1-16-6-2-7-17(14-16)21-23-24-22(25(21)15-18-8-3-11-27-18)29-13-4-9-19(26)20-10-5-12-28-20/h2-3,5-8,10-12,14H,4,9,13,15H2,1H3. The van der Waals surface area contributed by atoms with Gasteiger partial charge in [0, 0.05) is 17.7 Å². The number of rotatable bonds is 9. The number of carbonyl (C=O) groups excluding carboxylic acids is 1. The van der Waals surface area contributed by atoms with Crippen molar-refractivity contribution in [2.75, 3.05) is 5.75 Å². The first-order valence-corrected chi connectivity index (χ1v) is 11.3. The van der Waals surface area contributed by atoms with E-state index in [-0.39, 0.29) is 5.78 Å². The highest BCUT2D eigenvalue weighted by Crippen LogP contribution is 2.27. The number of thiophene rings is 1. The van der Waals surface area contributed by atoms with Crippen molar-refractivity contribution >= 4 is 28.9 Å². The van der Waals surface area contributed by atoms with Crippen molar-refractivity contribution in [2.45, 2.75) is 31.5 Å². The second-order valence-corrected chi connectivity index (χ2v) is 8.70. The molecule has 7 heteroatoms. The molecule has 0 atom stereocenters. The molecule has 3 heterocycles. The summed E-state index contributed by atoms with van der Waals surface area (Å²) in [5.41, 5.74) is 2.21. The lowest BCUT2D eigenvalue weighted by atomic mass is 10.1. The average Bonchev–Trinajstić information content (AvgIpc) is 3.48. The van der Waals surface area contributed by atoms with Crippen molar-refractivity contribution in [1.82, 2.24) is 14.8 Å². The molecule has 0 saturated heterocycles. The predicted molar refractivity (Wildman–Crippen MR) is 117 cm³/mol. The van der Waals surface area contributed by atoms with Gasteiger partial charge in [-0.05, 0) is 43.0 Å². The Labute approximate surface area is 177 Å². The van der Waals surface area contributed by atoms with Crippen molar-refractivity contribution in [3.8, 4) is 11.4 Å². The topological polar surface area (TPSA) is 60.9 Å². The molecular formula is C22H21N3O2S2. The van der Waals surface area contributed by atoms with Gasteiger partial charge in [0.05, 0.1) is 17.7 Å². The number of thioether (sulfide) groups is 1. The summed E-state index contributed by atoms with van der Waals surface area (Å²) in [6.45, 7) is 2.64. The summed E-state index contributed by atoms with van der Waals surface area (Å²) in [7, 11) is 0. The van der Waals surface area contributed by atoms with Crippen LogP contribution in [0.15, 0.2) is 69.7 Å². The van der Waals surface area contributed by atoms with E-state index in [0.717, 1.165) is 39.4 Å². The number of furan rings is 1. The van der Waals surface area contributed by atoms with E-state index < -0.39 is 0 Å². The molecule has 148 valence electrons. The maximum atomic E-state index is 12.2. The first-order chi connectivity index (χ1) is 14.2. The van der Waals surface area contributed by atoms with E-state index in [2.05, 4.69) is 33.8 Å². The van der Waals surface area contributed by atoms with Crippen molar-refractivity contribution in [1.29, 1.82) is 0 Å². The van der Waals surface area contributed by atoms with E-state index in [9.17, 15) is 4.79 Å². The van der Waals surface area contributed by atoms with Crippen LogP contribution in [0.1, 0.15) is 33.8 Å². The van der Waals surface area contributed by atoms with Crippen LogP contribution >= 0.6 is 23.1 Å². The lowest BCUT2D eigenvalue weighted by Gasteiger charge is -2.09. The summed E-state index contributed by atoms with van der Waals surface area (Å²) in [5, 5.41) is 11.6. The largest absolute Gasteiger partial charge is 0.467 e. The molecule has 4 rings (SSSR count). The molecule has 0 fully saturated rings. The molecule has 0 N–H and O–H groups in total. The SMILES string of the molecule is Cc1cccc(-c2nnc(SCCCC(=O)c3cccs3)n2Cc2ccco2)c1. The van der Waals surface area contributed by atoms with E-state index in [0.29, 0.717) is 13.0 Å². The molecule has 0 aliphatic carbocycles. The zero-order valence-corrected chi connectivity index (χ0v) is 17.7. The number of nitrogens with zero attached hydrogens (tertiary/aromatic N) is 3. The number of Topliss-reactive ketones (excluding diaryl/α,β-unsaturated/α-hetero) is 1. The first-order valence-electron chi connectivity index (χ1n) is 9.43. The molecule has 0 aliphatic heterocycles. The fourth-order valence-electron chi connectivity index (χ4n) is 3.05. The number of aryl methyl sites for hydroxylation is 1. The Morgan fingerprint density at radius 1 is 1.17 bits per heavy atom. The highest BCUT2D eigenvalue weighted by Gasteiger charge is 2.16. The number of benzene rings is 1. The zero-order valence-electron chi connectivity index (χ0n) is 16.1. The van der Waals surface area contributed by atoms with Gasteiger partial charge in [-0.3, -0.25) is 9.36 Å². The van der Waals surface area contributed by atoms with E-state index in [1.165, 1.54) is 16.9 Å². The van der Waals surface area contributed by atoms with Crippen LogP contribution in [0, 0.1) is 6.92 Å². The number of aromatic nitrogens is 3. The van der Waals surface area contributed by atoms with Crippen LogP contribution in [0.2, 0.25) is 0 Å². The predicted octanol–water partition coefficient (Wildman–Crippen LogP) is 5.71. The molecule has 29 heavy (non-hydrogen) atoms. The van der Waals surface area contributed by atoms with Gasteiger partial charge < -0.3 is 4.42 Å². The molecule has 0 spiro atoms. The fraction of sp³-hybridized carbons (Fsp3) is 0.227. The van der Waals surface area contributed by atoms with E-state index >= 15 is 0 Å². The van der Waals surface area contributed by atoms with Crippen molar-refractivity contribution in [2.24, 2.45) is 0 Å². The molecule has 0 radical (unpaired) electrons. The lowest BCUT2D eigenvalue weighted by molar-refractivity contribution is 0.0986. The molecule has 0 unspecified atom stereocenters. The Hall–Kier alpha value is -2.64. The Kier molecular flexibility index (Phi) is 6.27. The molecule has 0 amide bonds. The van der Waals surface area contributed by atoms with Gasteiger partial charge in [-0.2, -0.15) is 0 Å². The maximum Gasteiger partial charge on any atom is 0.191 e. The van der Waals surface area contributed by atoms with Gasteiger partial charge in [0.1, 0.15) is 5.76 Å². The third-order valence-electron chi connectivity index (χ3n) is 4.46. The quantitative estimate of drug-likeness (QED) is 0.196. The Morgan fingerprint density at radius 2 is 2.10 bits per heavy atom. The van der Waals surface area contributed by atoms with Gasteiger partial charge in [0.2, 0.25) is 0 Å². The van der Waals surface area contributed by atoms with Crippen LogP contribution in [0.25, 0.3) is 11.4 Å². The highest BCUT2D eigenvalue weighted by molar-refractivity contribution is 7.99. The monoisotopic (exact) mass is 423 g/mol. The molecule has 0 bridgehead atoms. The minimum Gasteiger partial charge on any atom is -0.467 e. The summed E-state index contributed by atoms with van der Waals surface area (Å²) < 4.78 is 7.63. The number of carbonyl (C=O) groups is 1. The fourth-order valence-corrected chi connectivity index (χ4v) is 4.62. The third-order valence-corrected chi connectivity index (χ3v) is 6.43. The van der Waals surface area contributed by atoms with E-state index in [1.54, 1.807) is 18.0 Å². The second-order valence-electron chi connectivity index (χ2n) is 6.69. The first kappa shape index (κ1) is 19.7. The normalized spacial score (nSPS) is 11.1. The van der Waals surface area contributed by atoms with Crippen molar-refractivity contribution in [3.05, 3.63) is 76.4 Å². The number of ketones is 1. The number of hydrogen-bond donors (Lipinski definition) is 0. The van der Waals surface area contributed by atoms with E-state index in [1.807, 2.05) is 41.8 Å². The van der Waals surface area contributed by atoms with Crippen molar-refractivity contribution in [3.63, 3.8) is 0 Å². The molecule has 0 saturated carbocycles.